The summed E-state index contributed by atoms with van der Waals surface area (Å²) in [7, 11) is 0. The van der Waals surface area contributed by atoms with E-state index in [1.54, 1.807) is 0 Å². The van der Waals surface area contributed by atoms with E-state index < -0.39 is 0 Å². The topological polar surface area (TPSA) is 29.5 Å². The van der Waals surface area contributed by atoms with E-state index in [1.807, 2.05) is 25.1 Å². The number of ether oxygens (including phenoxy) is 1. The zero-order chi connectivity index (χ0) is 33.3. The summed E-state index contributed by atoms with van der Waals surface area (Å²) in [5.41, 5.74) is 8.88. The van der Waals surface area contributed by atoms with Gasteiger partial charge in [0.25, 0.3) is 0 Å². The fourth-order valence-corrected chi connectivity index (χ4v) is 7.95. The molecule has 9 rings (SSSR count). The molecule has 0 radical (unpaired) electrons. The Hall–Kier alpha value is -5.93. The lowest BCUT2D eigenvalue weighted by Gasteiger charge is -2.27. The number of rotatable bonds is 5. The minimum atomic E-state index is -0.282. The molecule has 8 aromatic carbocycles. The first-order chi connectivity index (χ1) is 23.9. The van der Waals surface area contributed by atoms with Crippen LogP contribution in [0.3, 0.4) is 0 Å². The van der Waals surface area contributed by atoms with Gasteiger partial charge in [0.15, 0.2) is 0 Å². The van der Waals surface area contributed by atoms with E-state index in [-0.39, 0.29) is 11.4 Å². The van der Waals surface area contributed by atoms with Gasteiger partial charge in [-0.2, -0.15) is 0 Å². The first-order valence-corrected chi connectivity index (χ1v) is 17.0. The quantitative estimate of drug-likeness (QED) is 0.177. The fourth-order valence-electron chi connectivity index (χ4n) is 7.95. The number of benzene rings is 8. The molecule has 236 valence electrons. The summed E-state index contributed by atoms with van der Waals surface area (Å²) in [6, 6.07) is 52.4. The van der Waals surface area contributed by atoms with Crippen LogP contribution in [0.1, 0.15) is 42.3 Å². The number of anilines is 3. The molecule has 0 heterocycles. The molecule has 0 aromatic heterocycles. The molecule has 3 nitrogen and oxygen atoms in total. The molecule has 3 heteroatoms. The molecule has 0 atom stereocenters. The van der Waals surface area contributed by atoms with Crippen LogP contribution >= 0.6 is 0 Å². The lowest BCUT2D eigenvalue weighted by Crippen LogP contribution is -2.16. The van der Waals surface area contributed by atoms with Gasteiger partial charge in [-0.3, -0.25) is 0 Å². The third kappa shape index (κ3) is 4.69. The Morgan fingerprint density at radius 3 is 1.76 bits per heavy atom. The van der Waals surface area contributed by atoms with Crippen molar-refractivity contribution in [2.45, 2.75) is 26.2 Å². The van der Waals surface area contributed by atoms with Crippen molar-refractivity contribution in [3.05, 3.63) is 162 Å². The second kappa shape index (κ2) is 11.1. The minimum Gasteiger partial charge on any atom is -0.462 e. The third-order valence-electron chi connectivity index (χ3n) is 10.3. The van der Waals surface area contributed by atoms with E-state index in [9.17, 15) is 4.79 Å². The second-order valence-electron chi connectivity index (χ2n) is 13.6. The van der Waals surface area contributed by atoms with Gasteiger partial charge < -0.3 is 9.64 Å². The lowest BCUT2D eigenvalue weighted by atomic mass is 9.79. The molecule has 0 amide bonds. The maximum atomic E-state index is 12.5. The molecule has 0 spiro atoms. The van der Waals surface area contributed by atoms with Crippen LogP contribution in [-0.4, -0.2) is 12.6 Å². The van der Waals surface area contributed by atoms with E-state index >= 15 is 0 Å². The number of esters is 1. The summed E-state index contributed by atoms with van der Waals surface area (Å²) in [6.45, 7) is 6.84. The van der Waals surface area contributed by atoms with Gasteiger partial charge in [-0.25, -0.2) is 4.79 Å². The van der Waals surface area contributed by atoms with Crippen molar-refractivity contribution in [1.29, 1.82) is 0 Å². The van der Waals surface area contributed by atoms with Gasteiger partial charge in [-0.15, -0.1) is 0 Å². The van der Waals surface area contributed by atoms with Crippen molar-refractivity contribution in [2.75, 3.05) is 11.5 Å². The molecule has 0 aliphatic heterocycles. The van der Waals surface area contributed by atoms with E-state index in [0.29, 0.717) is 12.2 Å². The number of hydrogen-bond donors (Lipinski definition) is 0. The summed E-state index contributed by atoms with van der Waals surface area (Å²) < 4.78 is 5.29. The van der Waals surface area contributed by atoms with Gasteiger partial charge in [0.05, 0.1) is 12.2 Å². The summed E-state index contributed by atoms with van der Waals surface area (Å²) in [5, 5.41) is 9.52. The SMILES string of the molecule is CCOC(=O)c1ccc2cc3c(cc2c1)C(C)(C)c1c-3ccc2cc(N(c3ccc4ccccc4c3)c3ccc4ccccc4c3)ccc12. The van der Waals surface area contributed by atoms with Gasteiger partial charge in [0.2, 0.25) is 0 Å². The highest BCUT2D eigenvalue weighted by Gasteiger charge is 2.37. The van der Waals surface area contributed by atoms with Crippen molar-refractivity contribution in [3.63, 3.8) is 0 Å². The first-order valence-electron chi connectivity index (χ1n) is 17.0. The van der Waals surface area contributed by atoms with E-state index in [0.717, 1.165) is 27.8 Å². The van der Waals surface area contributed by atoms with E-state index in [2.05, 4.69) is 146 Å². The van der Waals surface area contributed by atoms with Crippen molar-refractivity contribution in [2.24, 2.45) is 0 Å². The van der Waals surface area contributed by atoms with Crippen molar-refractivity contribution < 1.29 is 9.53 Å². The van der Waals surface area contributed by atoms with Crippen LogP contribution < -0.4 is 4.90 Å². The van der Waals surface area contributed by atoms with Gasteiger partial charge in [-0.05, 0) is 133 Å². The summed E-state index contributed by atoms with van der Waals surface area (Å²) in [4.78, 5) is 14.9. The number of nitrogens with zero attached hydrogens (tertiary/aromatic N) is 1. The predicted molar refractivity (Wildman–Crippen MR) is 205 cm³/mol. The molecule has 0 unspecified atom stereocenters. The highest BCUT2D eigenvalue weighted by Crippen LogP contribution is 2.53. The van der Waals surface area contributed by atoms with Crippen LogP contribution in [0.5, 0.6) is 0 Å². The smallest absolute Gasteiger partial charge is 0.338 e. The molecule has 8 aromatic rings. The third-order valence-corrected chi connectivity index (χ3v) is 10.3. The van der Waals surface area contributed by atoms with Crippen LogP contribution in [0.2, 0.25) is 0 Å². The van der Waals surface area contributed by atoms with Crippen molar-refractivity contribution in [1.82, 2.24) is 0 Å². The van der Waals surface area contributed by atoms with E-state index in [4.69, 9.17) is 4.74 Å². The van der Waals surface area contributed by atoms with Crippen molar-refractivity contribution in [3.8, 4) is 11.1 Å². The summed E-state index contributed by atoms with van der Waals surface area (Å²) >= 11 is 0. The standard InChI is InChI=1S/C46H35NO2/c1-4-49-45(48)35-14-13-33-27-42-41-21-17-34-26-39(20-22-40(34)44(41)46(2,3)43(42)28-36(33)23-35)47(37-18-15-29-9-5-7-11-31(29)24-37)38-19-16-30-10-6-8-12-32(30)25-38/h5-28H,4H2,1-3H3. The highest BCUT2D eigenvalue weighted by molar-refractivity contribution is 6.04. The highest BCUT2D eigenvalue weighted by atomic mass is 16.5. The maximum absolute atomic E-state index is 12.5. The largest absolute Gasteiger partial charge is 0.462 e. The number of fused-ring (bicyclic) bond motifs is 8. The Labute approximate surface area is 286 Å². The Bertz CT molecular complexity index is 2550. The molecular weight excluding hydrogens is 599 g/mol. The lowest BCUT2D eigenvalue weighted by molar-refractivity contribution is 0.0526. The molecule has 0 bridgehead atoms. The van der Waals surface area contributed by atoms with Crippen LogP contribution in [0.15, 0.2) is 146 Å². The Kier molecular flexibility index (Phi) is 6.60. The molecule has 1 aliphatic rings. The molecule has 49 heavy (non-hydrogen) atoms. The Balaban J connectivity index is 1.19. The normalized spacial score (nSPS) is 13.1. The predicted octanol–water partition coefficient (Wildman–Crippen LogP) is 12.3. The minimum absolute atomic E-state index is 0.226. The van der Waals surface area contributed by atoms with Crippen LogP contribution in [0, 0.1) is 0 Å². The number of carbonyl (C=O) groups is 1. The van der Waals surface area contributed by atoms with Crippen molar-refractivity contribution >= 4 is 66.1 Å². The summed E-state index contributed by atoms with van der Waals surface area (Å²) in [6.07, 6.45) is 0. The molecule has 0 fully saturated rings. The fraction of sp³-hybridized carbons (Fsp3) is 0.109. The van der Waals surface area contributed by atoms with Crippen LogP contribution in [0.25, 0.3) is 54.2 Å². The van der Waals surface area contributed by atoms with Crippen LogP contribution in [0.4, 0.5) is 17.1 Å². The molecule has 0 N–H and O–H groups in total. The van der Waals surface area contributed by atoms with E-state index in [1.165, 1.54) is 54.6 Å². The molecule has 1 aliphatic carbocycles. The zero-order valence-corrected chi connectivity index (χ0v) is 27.8. The molecule has 0 saturated heterocycles. The Morgan fingerprint density at radius 2 is 1.10 bits per heavy atom. The van der Waals surface area contributed by atoms with Gasteiger partial charge in [0.1, 0.15) is 0 Å². The average molecular weight is 634 g/mol. The first kappa shape index (κ1) is 29.2. The molecular formula is C46H35NO2. The van der Waals surface area contributed by atoms with Gasteiger partial charge in [-0.1, -0.05) is 98.8 Å². The van der Waals surface area contributed by atoms with Crippen LogP contribution in [-0.2, 0) is 10.2 Å². The average Bonchev–Trinajstić information content (AvgIpc) is 3.35. The van der Waals surface area contributed by atoms with Gasteiger partial charge >= 0.3 is 5.97 Å². The maximum Gasteiger partial charge on any atom is 0.338 e. The number of carbonyl (C=O) groups excluding carboxylic acids is 1. The molecule has 0 saturated carbocycles. The van der Waals surface area contributed by atoms with Gasteiger partial charge in [0, 0.05) is 22.5 Å². The second-order valence-corrected chi connectivity index (χ2v) is 13.6. The monoisotopic (exact) mass is 633 g/mol. The number of hydrogen-bond acceptors (Lipinski definition) is 3. The Morgan fingerprint density at radius 1 is 0.551 bits per heavy atom. The summed E-state index contributed by atoms with van der Waals surface area (Å²) in [5.74, 6) is -0.282. The zero-order valence-electron chi connectivity index (χ0n) is 27.8.